The lowest BCUT2D eigenvalue weighted by Crippen LogP contribution is -2.54. The molecule has 0 saturated carbocycles. The third-order valence-electron chi connectivity index (χ3n) is 7.22. The number of rotatable bonds is 4. The Bertz CT molecular complexity index is 1650. The summed E-state index contributed by atoms with van der Waals surface area (Å²) in [6, 6.07) is 11.8. The van der Waals surface area contributed by atoms with Crippen molar-refractivity contribution in [1.29, 1.82) is 0 Å². The van der Waals surface area contributed by atoms with Gasteiger partial charge in [-0.15, -0.1) is 0 Å². The Morgan fingerprint density at radius 2 is 1.90 bits per heavy atom. The third-order valence-corrected chi connectivity index (χ3v) is 7.87. The molecule has 1 aliphatic rings. The van der Waals surface area contributed by atoms with Gasteiger partial charge in [0.25, 0.3) is 0 Å². The number of fused-ring (bicyclic) bond motifs is 1. The summed E-state index contributed by atoms with van der Waals surface area (Å²) < 4.78 is 17.2. The van der Waals surface area contributed by atoms with Crippen LogP contribution in [0.5, 0.6) is 0 Å². The number of nitrogens with zero attached hydrogens (tertiary/aromatic N) is 5. The van der Waals surface area contributed by atoms with Crippen LogP contribution in [0.25, 0.3) is 27.7 Å². The van der Waals surface area contributed by atoms with E-state index in [1.54, 1.807) is 29.0 Å². The third kappa shape index (κ3) is 4.78. The summed E-state index contributed by atoms with van der Waals surface area (Å²) >= 11 is 3.64. The summed E-state index contributed by atoms with van der Waals surface area (Å²) in [6.45, 7) is 8.85. The Kier molecular flexibility index (Phi) is 7.15. The zero-order valence-corrected chi connectivity index (χ0v) is 23.7. The summed E-state index contributed by atoms with van der Waals surface area (Å²) in [6.07, 6.45) is 0.758. The lowest BCUT2D eigenvalue weighted by Gasteiger charge is -2.39. The molecule has 0 aliphatic carbocycles. The Hall–Kier alpha value is -3.79. The van der Waals surface area contributed by atoms with Crippen molar-refractivity contribution in [2.24, 2.45) is 0 Å². The molecule has 0 radical (unpaired) electrons. The van der Waals surface area contributed by atoms with Crippen LogP contribution in [-0.4, -0.2) is 56.3 Å². The van der Waals surface area contributed by atoms with Crippen molar-refractivity contribution < 1.29 is 14.3 Å². The van der Waals surface area contributed by atoms with Crippen LogP contribution in [-0.2, 0) is 0 Å². The lowest BCUT2D eigenvalue weighted by molar-refractivity contribution is 0.136. The second kappa shape index (κ2) is 10.4. The Morgan fingerprint density at radius 1 is 1.15 bits per heavy atom. The van der Waals surface area contributed by atoms with E-state index in [-0.39, 0.29) is 24.3 Å². The van der Waals surface area contributed by atoms with Crippen molar-refractivity contribution in [3.05, 3.63) is 80.7 Å². The quantitative estimate of drug-likeness (QED) is 0.313. The van der Waals surface area contributed by atoms with Gasteiger partial charge in [-0.25, -0.2) is 14.0 Å². The number of hydrogen-bond donors (Lipinski definition) is 1. The molecule has 0 spiro atoms. The highest BCUT2D eigenvalue weighted by Crippen LogP contribution is 2.38. The van der Waals surface area contributed by atoms with Gasteiger partial charge in [0.1, 0.15) is 11.6 Å². The number of amides is 1. The molecule has 0 bridgehead atoms. The van der Waals surface area contributed by atoms with Crippen molar-refractivity contribution in [2.75, 3.05) is 24.5 Å². The normalized spacial score (nSPS) is 15.8. The smallest absolute Gasteiger partial charge is 0.407 e. The highest BCUT2D eigenvalue weighted by molar-refractivity contribution is 9.10. The maximum Gasteiger partial charge on any atom is 0.407 e. The molecule has 1 atom stereocenters. The van der Waals surface area contributed by atoms with Crippen molar-refractivity contribution >= 4 is 38.7 Å². The zero-order valence-electron chi connectivity index (χ0n) is 22.2. The summed E-state index contributed by atoms with van der Waals surface area (Å²) in [5, 5.41) is 10.2. The van der Waals surface area contributed by atoms with E-state index in [4.69, 9.17) is 0 Å². The van der Waals surface area contributed by atoms with Gasteiger partial charge in [-0.1, -0.05) is 48.0 Å². The van der Waals surface area contributed by atoms with Gasteiger partial charge in [-0.05, 0) is 49.6 Å². The number of halogens is 2. The first kappa shape index (κ1) is 26.8. The van der Waals surface area contributed by atoms with Crippen LogP contribution in [0.15, 0.2) is 57.9 Å². The largest absolute Gasteiger partial charge is 0.465 e. The van der Waals surface area contributed by atoms with Gasteiger partial charge in [-0.2, -0.15) is 4.98 Å². The minimum Gasteiger partial charge on any atom is -0.465 e. The molecule has 3 heterocycles. The number of pyridine rings is 1. The SMILES string of the molecule is Cc1ccnc(C(C)C)c1-n1c(=O)nc(N2CCN(C(=O)O)CC2C)c2cc(Br)c(-c3ccccc3F)cc21. The summed E-state index contributed by atoms with van der Waals surface area (Å²) in [4.78, 5) is 38.0. The first-order chi connectivity index (χ1) is 18.6. The van der Waals surface area contributed by atoms with Gasteiger partial charge in [0.05, 0.1) is 16.9 Å². The average Bonchev–Trinajstić information content (AvgIpc) is 2.89. The monoisotopic (exact) mass is 593 g/mol. The van der Waals surface area contributed by atoms with Crippen molar-refractivity contribution in [3.63, 3.8) is 0 Å². The Labute approximate surface area is 233 Å². The highest BCUT2D eigenvalue weighted by atomic mass is 79.9. The summed E-state index contributed by atoms with van der Waals surface area (Å²) in [7, 11) is 0. The molecule has 4 aromatic rings. The van der Waals surface area contributed by atoms with Gasteiger partial charge in [0.15, 0.2) is 0 Å². The fourth-order valence-corrected chi connectivity index (χ4v) is 5.84. The van der Waals surface area contributed by atoms with Crippen LogP contribution in [0.4, 0.5) is 15.0 Å². The molecule has 1 unspecified atom stereocenters. The fraction of sp³-hybridized carbons (Fsp3) is 0.310. The van der Waals surface area contributed by atoms with E-state index in [2.05, 4.69) is 25.9 Å². The molecule has 1 amide bonds. The number of carboxylic acid groups (broad SMARTS) is 1. The molecule has 39 heavy (non-hydrogen) atoms. The van der Waals surface area contributed by atoms with Crippen LogP contribution >= 0.6 is 15.9 Å². The van der Waals surface area contributed by atoms with Crippen LogP contribution in [0, 0.1) is 12.7 Å². The second-order valence-corrected chi connectivity index (χ2v) is 11.0. The van der Waals surface area contributed by atoms with Crippen molar-refractivity contribution in [2.45, 2.75) is 39.7 Å². The van der Waals surface area contributed by atoms with Crippen LogP contribution in [0.2, 0.25) is 0 Å². The summed E-state index contributed by atoms with van der Waals surface area (Å²) in [5.41, 5.74) is 3.37. The number of piperazine rings is 1. The van der Waals surface area contributed by atoms with E-state index in [0.29, 0.717) is 51.1 Å². The number of benzene rings is 2. The minimum atomic E-state index is -0.972. The molecule has 1 aliphatic heterocycles. The molecule has 5 rings (SSSR count). The van der Waals surface area contributed by atoms with E-state index in [9.17, 15) is 19.1 Å². The number of carbonyl (C=O) groups is 1. The maximum atomic E-state index is 14.9. The highest BCUT2D eigenvalue weighted by Gasteiger charge is 2.30. The topological polar surface area (TPSA) is 91.6 Å². The predicted molar refractivity (Wildman–Crippen MR) is 153 cm³/mol. The van der Waals surface area contributed by atoms with Gasteiger partial charge in [-0.3, -0.25) is 9.55 Å². The molecule has 1 N–H and O–H groups in total. The molecular formula is C29H29BrFN5O3. The molecule has 202 valence electrons. The average molecular weight is 594 g/mol. The number of aryl methyl sites for hydroxylation is 1. The minimum absolute atomic E-state index is 0.0344. The van der Waals surface area contributed by atoms with E-state index < -0.39 is 11.8 Å². The van der Waals surface area contributed by atoms with Crippen LogP contribution in [0.3, 0.4) is 0 Å². The van der Waals surface area contributed by atoms with Crippen LogP contribution < -0.4 is 10.6 Å². The zero-order chi connectivity index (χ0) is 28.0. The first-order valence-corrected chi connectivity index (χ1v) is 13.6. The Balaban J connectivity index is 1.84. The van der Waals surface area contributed by atoms with E-state index in [1.807, 2.05) is 50.8 Å². The molecule has 2 aromatic carbocycles. The maximum absolute atomic E-state index is 14.9. The van der Waals surface area contributed by atoms with Gasteiger partial charge in [0.2, 0.25) is 0 Å². The molecule has 8 nitrogen and oxygen atoms in total. The number of hydrogen-bond acceptors (Lipinski definition) is 5. The second-order valence-electron chi connectivity index (χ2n) is 10.2. The van der Waals surface area contributed by atoms with Crippen LogP contribution in [0.1, 0.15) is 37.9 Å². The van der Waals surface area contributed by atoms with Gasteiger partial charge in [0, 0.05) is 52.9 Å². The summed E-state index contributed by atoms with van der Waals surface area (Å²) in [5.74, 6) is 0.129. The molecular weight excluding hydrogens is 565 g/mol. The van der Waals surface area contributed by atoms with E-state index >= 15 is 0 Å². The van der Waals surface area contributed by atoms with E-state index in [0.717, 1.165) is 11.3 Å². The fourth-order valence-electron chi connectivity index (χ4n) is 5.28. The van der Waals surface area contributed by atoms with Crippen molar-refractivity contribution in [1.82, 2.24) is 19.4 Å². The van der Waals surface area contributed by atoms with Gasteiger partial charge < -0.3 is 14.9 Å². The van der Waals surface area contributed by atoms with E-state index in [1.165, 1.54) is 11.0 Å². The predicted octanol–water partition coefficient (Wildman–Crippen LogP) is 5.97. The lowest BCUT2D eigenvalue weighted by atomic mass is 10.0. The standard InChI is InChI=1S/C29H29BrFN5O3/c1-16(2)25-26(17(3)9-10-32-25)36-24-14-20(19-7-5-6-8-23(19)31)22(30)13-21(24)27(33-28(36)37)35-12-11-34(29(38)39)15-18(35)4/h5-10,13-14,16,18H,11-12,15H2,1-4H3,(H,38,39). The molecule has 10 heteroatoms. The molecule has 1 fully saturated rings. The molecule has 2 aromatic heterocycles. The number of anilines is 1. The first-order valence-electron chi connectivity index (χ1n) is 12.8. The van der Waals surface area contributed by atoms with Gasteiger partial charge >= 0.3 is 11.8 Å². The van der Waals surface area contributed by atoms with Crippen molar-refractivity contribution in [3.8, 4) is 16.8 Å². The molecule has 1 saturated heterocycles. The number of aromatic nitrogens is 3. The Morgan fingerprint density at radius 3 is 2.56 bits per heavy atom.